The van der Waals surface area contributed by atoms with E-state index in [9.17, 15) is 0 Å². The molecular formula is C36H44ClN2O2S+. The average molecular weight is 604 g/mol. The summed E-state index contributed by atoms with van der Waals surface area (Å²) in [4.78, 5) is 1.24. The van der Waals surface area contributed by atoms with Crippen LogP contribution in [0, 0.1) is 13.8 Å². The smallest absolute Gasteiger partial charge is 0.161 e. The number of aryl methyl sites for hydroxylation is 2. The number of quaternary nitrogens is 1. The van der Waals surface area contributed by atoms with Crippen molar-refractivity contribution in [3.05, 3.63) is 100 Å². The Labute approximate surface area is 261 Å². The second-order valence-electron chi connectivity index (χ2n) is 11.6. The highest BCUT2D eigenvalue weighted by molar-refractivity contribution is 7.97. The predicted molar refractivity (Wildman–Crippen MR) is 178 cm³/mol. The van der Waals surface area contributed by atoms with Crippen LogP contribution in [0.4, 0.5) is 0 Å². The fraction of sp³-hybridized carbons (Fsp3) is 0.389. The van der Waals surface area contributed by atoms with E-state index < -0.39 is 0 Å². The number of hydrogen-bond donors (Lipinski definition) is 0. The first-order chi connectivity index (χ1) is 20.3. The van der Waals surface area contributed by atoms with Crippen LogP contribution < -0.4 is 9.47 Å². The maximum absolute atomic E-state index is 6.23. The van der Waals surface area contributed by atoms with E-state index in [1.807, 2.05) is 30.1 Å². The minimum absolute atomic E-state index is 0.604. The molecule has 222 valence electrons. The lowest BCUT2D eigenvalue weighted by molar-refractivity contribution is -0.938. The number of benzene rings is 4. The van der Waals surface area contributed by atoms with Gasteiger partial charge in [0.2, 0.25) is 0 Å². The largest absolute Gasteiger partial charge is 0.486 e. The Bertz CT molecular complexity index is 1480. The quantitative estimate of drug-likeness (QED) is 0.0862. The summed E-state index contributed by atoms with van der Waals surface area (Å²) in [7, 11) is 0. The second-order valence-corrected chi connectivity index (χ2v) is 13.3. The first kappa shape index (κ1) is 30.7. The van der Waals surface area contributed by atoms with Crippen molar-refractivity contribution < 1.29 is 14.0 Å². The summed E-state index contributed by atoms with van der Waals surface area (Å²) in [5.74, 6) is 1.69. The van der Waals surface area contributed by atoms with E-state index in [0.29, 0.717) is 13.2 Å². The number of halogens is 1. The summed E-state index contributed by atoms with van der Waals surface area (Å²) in [5, 5.41) is 3.15. The molecule has 4 nitrogen and oxygen atoms in total. The Morgan fingerprint density at radius 2 is 1.48 bits per heavy atom. The third-order valence-corrected chi connectivity index (χ3v) is 9.67. The lowest BCUT2D eigenvalue weighted by Gasteiger charge is -2.37. The molecule has 0 radical (unpaired) electrons. The molecule has 4 aromatic carbocycles. The van der Waals surface area contributed by atoms with Gasteiger partial charge in [0.15, 0.2) is 11.5 Å². The molecule has 0 aliphatic carbocycles. The number of ether oxygens (including phenoxy) is 2. The Morgan fingerprint density at radius 1 is 0.762 bits per heavy atom. The molecule has 42 heavy (non-hydrogen) atoms. The Hall–Kier alpha value is -2.70. The molecule has 0 aromatic heterocycles. The first-order valence-corrected chi connectivity index (χ1v) is 16.4. The summed E-state index contributed by atoms with van der Waals surface area (Å²) in [6, 6.07) is 26.1. The molecule has 0 saturated heterocycles. The van der Waals surface area contributed by atoms with Crippen LogP contribution in [0.1, 0.15) is 48.9 Å². The van der Waals surface area contributed by atoms with E-state index in [0.717, 1.165) is 60.1 Å². The lowest BCUT2D eigenvalue weighted by atomic mass is 10.1. The van der Waals surface area contributed by atoms with Crippen LogP contribution in [0.3, 0.4) is 0 Å². The minimum Gasteiger partial charge on any atom is -0.486 e. The van der Waals surface area contributed by atoms with Gasteiger partial charge in [-0.05, 0) is 105 Å². The van der Waals surface area contributed by atoms with Gasteiger partial charge in [-0.2, -0.15) is 0 Å². The van der Waals surface area contributed by atoms with E-state index in [4.69, 9.17) is 21.1 Å². The zero-order valence-corrected chi connectivity index (χ0v) is 27.1. The van der Waals surface area contributed by atoms with Crippen molar-refractivity contribution in [1.82, 2.24) is 4.31 Å². The van der Waals surface area contributed by atoms with E-state index in [1.54, 1.807) is 0 Å². The third-order valence-electron chi connectivity index (χ3n) is 8.40. The van der Waals surface area contributed by atoms with Gasteiger partial charge in [0.05, 0.1) is 19.6 Å². The maximum atomic E-state index is 6.23. The van der Waals surface area contributed by atoms with Crippen LogP contribution in [0.2, 0.25) is 5.02 Å². The van der Waals surface area contributed by atoms with Gasteiger partial charge in [0, 0.05) is 28.6 Å². The topological polar surface area (TPSA) is 21.7 Å². The summed E-state index contributed by atoms with van der Waals surface area (Å²) in [6.07, 6.45) is 2.34. The Kier molecular flexibility index (Phi) is 10.4. The molecule has 1 aliphatic heterocycles. The SMILES string of the molecule is CC[N+](CC)(CCCCN(Cc1ccc2c(c1)OCCO2)Sc1ccc2cc(Cl)ccc2c1)Cc1cc(C)cc(C)c1. The summed E-state index contributed by atoms with van der Waals surface area (Å²) < 4.78 is 15.3. The van der Waals surface area contributed by atoms with Gasteiger partial charge in [-0.1, -0.05) is 59.1 Å². The zero-order valence-electron chi connectivity index (χ0n) is 25.5. The normalized spacial score (nSPS) is 13.2. The van der Waals surface area contributed by atoms with Crippen molar-refractivity contribution in [2.75, 3.05) is 39.4 Å². The average Bonchev–Trinajstić information content (AvgIpc) is 2.98. The molecular weight excluding hydrogens is 560 g/mol. The molecule has 5 rings (SSSR count). The van der Waals surface area contributed by atoms with Gasteiger partial charge in [-0.3, -0.25) is 0 Å². The number of fused-ring (bicyclic) bond motifs is 2. The van der Waals surface area contributed by atoms with Crippen LogP contribution in [-0.4, -0.2) is 48.2 Å². The molecule has 1 heterocycles. The molecule has 0 N–H and O–H groups in total. The van der Waals surface area contributed by atoms with Gasteiger partial charge in [-0.15, -0.1) is 0 Å². The van der Waals surface area contributed by atoms with Gasteiger partial charge < -0.3 is 14.0 Å². The van der Waals surface area contributed by atoms with Crippen LogP contribution in [0.5, 0.6) is 11.5 Å². The van der Waals surface area contributed by atoms with Crippen molar-refractivity contribution in [1.29, 1.82) is 0 Å². The third kappa shape index (κ3) is 8.02. The number of rotatable bonds is 13. The minimum atomic E-state index is 0.604. The Morgan fingerprint density at radius 3 is 2.24 bits per heavy atom. The second kappa shape index (κ2) is 14.2. The highest BCUT2D eigenvalue weighted by Crippen LogP contribution is 2.34. The van der Waals surface area contributed by atoms with Gasteiger partial charge in [0.1, 0.15) is 19.8 Å². The summed E-state index contributed by atoms with van der Waals surface area (Å²) in [5.41, 5.74) is 5.42. The van der Waals surface area contributed by atoms with Crippen molar-refractivity contribution in [2.45, 2.75) is 58.5 Å². The predicted octanol–water partition coefficient (Wildman–Crippen LogP) is 9.23. The van der Waals surface area contributed by atoms with E-state index >= 15 is 0 Å². The fourth-order valence-corrected chi connectivity index (χ4v) is 7.29. The van der Waals surface area contributed by atoms with Crippen LogP contribution >= 0.6 is 23.5 Å². The summed E-state index contributed by atoms with van der Waals surface area (Å²) in [6.45, 7) is 16.8. The van der Waals surface area contributed by atoms with Crippen LogP contribution in [-0.2, 0) is 13.1 Å². The standard InChI is InChI=1S/C36H44ClN2O2S/c1-5-39(6-2,26-30-20-27(3)19-28(4)21-30)16-8-7-15-38(25-29-9-14-35-36(22-29)41-18-17-40-35)42-34-13-11-31-23-33(37)12-10-32(31)24-34/h9-14,19-24H,5-8,15-18,25-26H2,1-4H3/q+1. The molecule has 1 aliphatic rings. The van der Waals surface area contributed by atoms with Crippen LogP contribution in [0.25, 0.3) is 10.8 Å². The van der Waals surface area contributed by atoms with Crippen molar-refractivity contribution in [3.63, 3.8) is 0 Å². The fourth-order valence-electron chi connectivity index (χ4n) is 6.07. The first-order valence-electron chi connectivity index (χ1n) is 15.3. The molecule has 0 amide bonds. The number of hydrogen-bond acceptors (Lipinski definition) is 4. The molecule has 0 unspecified atom stereocenters. The molecule has 0 bridgehead atoms. The van der Waals surface area contributed by atoms with E-state index in [2.05, 4.69) is 86.6 Å². The number of unbranched alkanes of at least 4 members (excludes halogenated alkanes) is 1. The van der Waals surface area contributed by atoms with Gasteiger partial charge in [-0.25, -0.2) is 4.31 Å². The van der Waals surface area contributed by atoms with Crippen molar-refractivity contribution in [3.8, 4) is 11.5 Å². The number of nitrogens with zero attached hydrogens (tertiary/aromatic N) is 2. The molecule has 4 aromatic rings. The molecule has 0 fully saturated rings. The van der Waals surface area contributed by atoms with E-state index in [1.165, 1.54) is 50.9 Å². The monoisotopic (exact) mass is 603 g/mol. The maximum Gasteiger partial charge on any atom is 0.161 e. The highest BCUT2D eigenvalue weighted by atomic mass is 35.5. The van der Waals surface area contributed by atoms with E-state index in [-0.39, 0.29) is 0 Å². The van der Waals surface area contributed by atoms with Gasteiger partial charge >= 0.3 is 0 Å². The molecule has 6 heteroatoms. The highest BCUT2D eigenvalue weighted by Gasteiger charge is 2.24. The molecule has 0 saturated carbocycles. The zero-order chi connectivity index (χ0) is 29.5. The Balaban J connectivity index is 1.28. The summed E-state index contributed by atoms with van der Waals surface area (Å²) >= 11 is 8.07. The van der Waals surface area contributed by atoms with Crippen molar-refractivity contribution in [2.24, 2.45) is 0 Å². The lowest BCUT2D eigenvalue weighted by Crippen LogP contribution is -2.47. The molecule has 0 spiro atoms. The van der Waals surface area contributed by atoms with Crippen LogP contribution in [0.15, 0.2) is 77.7 Å². The van der Waals surface area contributed by atoms with Crippen molar-refractivity contribution >= 4 is 34.3 Å². The molecule has 0 atom stereocenters. The van der Waals surface area contributed by atoms with Gasteiger partial charge in [0.25, 0.3) is 0 Å².